The normalized spacial score (nSPS) is 10.7. The average Bonchev–Trinajstić information content (AvgIpc) is 3.27. The van der Waals surface area contributed by atoms with E-state index in [1.54, 1.807) is 41.3 Å². The van der Waals surface area contributed by atoms with Crippen LogP contribution in [0.25, 0.3) is 0 Å². The highest BCUT2D eigenvalue weighted by molar-refractivity contribution is 7.11. The Morgan fingerprint density at radius 1 is 1.38 bits per heavy atom. The summed E-state index contributed by atoms with van der Waals surface area (Å²) in [5, 5.41) is 15.3. The van der Waals surface area contributed by atoms with Crippen molar-refractivity contribution in [3.63, 3.8) is 0 Å². The maximum absolute atomic E-state index is 12.5. The molecular weight excluding hydrogens is 354 g/mol. The highest BCUT2D eigenvalue weighted by Gasteiger charge is 2.20. The molecule has 0 unspecified atom stereocenters. The minimum Gasteiger partial charge on any atom is -0.373 e. The number of carbonyl (C=O) groups excluding carboxylic acids is 1. The van der Waals surface area contributed by atoms with E-state index in [4.69, 9.17) is 0 Å². The van der Waals surface area contributed by atoms with E-state index in [1.807, 2.05) is 13.1 Å². The van der Waals surface area contributed by atoms with Crippen molar-refractivity contribution in [3.8, 4) is 0 Å². The predicted molar refractivity (Wildman–Crippen MR) is 98.6 cm³/mol. The monoisotopic (exact) mass is 371 g/mol. The van der Waals surface area contributed by atoms with Gasteiger partial charge in [0.2, 0.25) is 5.78 Å². The van der Waals surface area contributed by atoms with Crippen LogP contribution in [-0.2, 0) is 20.0 Å². The maximum atomic E-state index is 12.5. The third-order valence-electron chi connectivity index (χ3n) is 3.86. The Labute approximate surface area is 153 Å². The second-order valence-electron chi connectivity index (χ2n) is 5.61. The Morgan fingerprint density at radius 2 is 2.19 bits per heavy atom. The molecule has 0 spiro atoms. The minimum atomic E-state index is -0.503. The summed E-state index contributed by atoms with van der Waals surface area (Å²) in [4.78, 5) is 32.9. The number of ketones is 1. The van der Waals surface area contributed by atoms with Gasteiger partial charge in [0, 0.05) is 42.1 Å². The zero-order valence-electron chi connectivity index (χ0n) is 14.3. The van der Waals surface area contributed by atoms with Crippen molar-refractivity contribution < 1.29 is 9.72 Å². The van der Waals surface area contributed by atoms with Crippen molar-refractivity contribution in [2.24, 2.45) is 7.05 Å². The van der Waals surface area contributed by atoms with Crippen molar-refractivity contribution in [1.29, 1.82) is 0 Å². The van der Waals surface area contributed by atoms with E-state index < -0.39 is 4.92 Å². The Morgan fingerprint density at radius 3 is 2.81 bits per heavy atom. The Balaban J connectivity index is 1.84. The summed E-state index contributed by atoms with van der Waals surface area (Å²) >= 11 is 1.57. The van der Waals surface area contributed by atoms with Crippen LogP contribution >= 0.6 is 11.3 Å². The fourth-order valence-corrected chi connectivity index (χ4v) is 3.25. The number of aromatic nitrogens is 3. The third-order valence-corrected chi connectivity index (χ3v) is 5.00. The number of thiazole rings is 1. The SMILES string of the molecule is CCc1cnc(CNc2ccc(C(=O)c3nccn3C)cc2[N+](=O)[O-])s1. The van der Waals surface area contributed by atoms with Crippen molar-refractivity contribution in [3.05, 3.63) is 68.2 Å². The number of rotatable bonds is 7. The summed E-state index contributed by atoms with van der Waals surface area (Å²) in [6.45, 7) is 2.44. The van der Waals surface area contributed by atoms with Gasteiger partial charge in [-0.05, 0) is 18.6 Å². The molecule has 3 rings (SSSR count). The van der Waals surface area contributed by atoms with Crippen LogP contribution < -0.4 is 5.32 Å². The first-order valence-electron chi connectivity index (χ1n) is 7.97. The summed E-state index contributed by atoms with van der Waals surface area (Å²) in [6.07, 6.45) is 5.87. The number of nitro groups is 1. The van der Waals surface area contributed by atoms with Crippen LogP contribution in [0.2, 0.25) is 0 Å². The van der Waals surface area contributed by atoms with E-state index in [0.717, 1.165) is 16.3 Å². The fourth-order valence-electron chi connectivity index (χ4n) is 2.45. The van der Waals surface area contributed by atoms with E-state index in [0.29, 0.717) is 12.2 Å². The molecule has 26 heavy (non-hydrogen) atoms. The summed E-state index contributed by atoms with van der Waals surface area (Å²) in [7, 11) is 1.70. The topological polar surface area (TPSA) is 103 Å². The van der Waals surface area contributed by atoms with Crippen LogP contribution in [0, 0.1) is 10.1 Å². The lowest BCUT2D eigenvalue weighted by Crippen LogP contribution is -2.10. The summed E-state index contributed by atoms with van der Waals surface area (Å²) in [6, 6.07) is 4.38. The number of anilines is 1. The molecule has 3 aromatic rings. The van der Waals surface area contributed by atoms with Gasteiger partial charge < -0.3 is 9.88 Å². The molecule has 0 aliphatic heterocycles. The summed E-state index contributed by atoms with van der Waals surface area (Å²) < 4.78 is 1.58. The molecule has 0 aliphatic rings. The summed E-state index contributed by atoms with van der Waals surface area (Å²) in [5.74, 6) is -0.130. The Bertz CT molecular complexity index is 963. The first kappa shape index (κ1) is 17.7. The smallest absolute Gasteiger partial charge is 0.293 e. The molecule has 2 aromatic heterocycles. The van der Waals surface area contributed by atoms with Crippen LogP contribution in [0.4, 0.5) is 11.4 Å². The van der Waals surface area contributed by atoms with E-state index in [-0.39, 0.29) is 22.9 Å². The lowest BCUT2D eigenvalue weighted by atomic mass is 10.1. The van der Waals surface area contributed by atoms with Gasteiger partial charge in [-0.15, -0.1) is 11.3 Å². The van der Waals surface area contributed by atoms with Crippen LogP contribution in [0.1, 0.15) is 33.0 Å². The molecule has 0 atom stereocenters. The molecule has 0 saturated heterocycles. The first-order chi connectivity index (χ1) is 12.5. The molecular formula is C17H17N5O3S. The van der Waals surface area contributed by atoms with Crippen LogP contribution in [0.15, 0.2) is 36.8 Å². The zero-order chi connectivity index (χ0) is 18.7. The lowest BCUT2D eigenvalue weighted by molar-refractivity contribution is -0.384. The van der Waals surface area contributed by atoms with Crippen LogP contribution in [-0.4, -0.2) is 25.2 Å². The standard InChI is InChI=1S/C17H17N5O3S/c1-3-12-9-20-15(26-12)10-19-13-5-4-11(8-14(13)22(24)25)16(23)17-18-6-7-21(17)2/h4-9,19H,3,10H2,1-2H3. The van der Waals surface area contributed by atoms with Gasteiger partial charge in [-0.25, -0.2) is 9.97 Å². The Hall–Kier alpha value is -3.07. The van der Waals surface area contributed by atoms with E-state index >= 15 is 0 Å². The van der Waals surface area contributed by atoms with E-state index in [2.05, 4.69) is 15.3 Å². The van der Waals surface area contributed by atoms with Crippen LogP contribution in [0.3, 0.4) is 0 Å². The molecule has 0 amide bonds. The molecule has 1 aromatic carbocycles. The van der Waals surface area contributed by atoms with Gasteiger partial charge in [-0.2, -0.15) is 0 Å². The van der Waals surface area contributed by atoms with Crippen LogP contribution in [0.5, 0.6) is 0 Å². The molecule has 134 valence electrons. The fraction of sp³-hybridized carbons (Fsp3) is 0.235. The Kier molecular flexibility index (Phi) is 5.08. The molecule has 0 fully saturated rings. The number of benzene rings is 1. The second-order valence-corrected chi connectivity index (χ2v) is 6.81. The molecule has 0 saturated carbocycles. The molecule has 2 heterocycles. The van der Waals surface area contributed by atoms with Gasteiger partial charge in [0.15, 0.2) is 5.82 Å². The highest BCUT2D eigenvalue weighted by atomic mass is 32.1. The largest absolute Gasteiger partial charge is 0.373 e. The number of imidazole rings is 1. The van der Waals surface area contributed by atoms with Crippen molar-refractivity contribution in [2.75, 3.05) is 5.32 Å². The number of nitro benzene ring substituents is 1. The molecule has 0 radical (unpaired) electrons. The summed E-state index contributed by atoms with van der Waals surface area (Å²) in [5.41, 5.74) is 0.413. The van der Waals surface area contributed by atoms with Gasteiger partial charge in [-0.1, -0.05) is 6.92 Å². The van der Waals surface area contributed by atoms with Crippen molar-refractivity contribution in [2.45, 2.75) is 19.9 Å². The quantitative estimate of drug-likeness (QED) is 0.389. The number of hydrogen-bond donors (Lipinski definition) is 1. The third kappa shape index (κ3) is 3.62. The number of aryl methyl sites for hydroxylation is 2. The number of carbonyl (C=O) groups is 1. The molecule has 8 nitrogen and oxygen atoms in total. The number of hydrogen-bond acceptors (Lipinski definition) is 7. The van der Waals surface area contributed by atoms with Gasteiger partial charge in [0.1, 0.15) is 10.7 Å². The number of nitrogens with one attached hydrogen (secondary N) is 1. The predicted octanol–water partition coefficient (Wildman–Crippen LogP) is 3.19. The molecule has 0 aliphatic carbocycles. The molecule has 0 bridgehead atoms. The average molecular weight is 371 g/mol. The first-order valence-corrected chi connectivity index (χ1v) is 8.79. The molecule has 1 N–H and O–H groups in total. The highest BCUT2D eigenvalue weighted by Crippen LogP contribution is 2.27. The molecule has 9 heteroatoms. The maximum Gasteiger partial charge on any atom is 0.293 e. The van der Waals surface area contributed by atoms with E-state index in [9.17, 15) is 14.9 Å². The van der Waals surface area contributed by atoms with Gasteiger partial charge >= 0.3 is 0 Å². The van der Waals surface area contributed by atoms with Gasteiger partial charge in [-0.3, -0.25) is 14.9 Å². The second kappa shape index (κ2) is 7.44. The van der Waals surface area contributed by atoms with Crippen molar-refractivity contribution >= 4 is 28.5 Å². The van der Waals surface area contributed by atoms with Gasteiger partial charge in [0.25, 0.3) is 5.69 Å². The lowest BCUT2D eigenvalue weighted by Gasteiger charge is -2.07. The minimum absolute atomic E-state index is 0.155. The van der Waals surface area contributed by atoms with Crippen molar-refractivity contribution in [1.82, 2.24) is 14.5 Å². The number of nitrogens with zero attached hydrogens (tertiary/aromatic N) is 4. The zero-order valence-corrected chi connectivity index (χ0v) is 15.1. The van der Waals surface area contributed by atoms with E-state index in [1.165, 1.54) is 12.3 Å². The van der Waals surface area contributed by atoms with Gasteiger partial charge in [0.05, 0.1) is 11.5 Å².